The van der Waals surface area contributed by atoms with Gasteiger partial charge in [-0.1, -0.05) is 44.2 Å². The smallest absolute Gasteiger partial charge is 0.258 e. The number of anilines is 1. The zero-order chi connectivity index (χ0) is 21.1. The van der Waals surface area contributed by atoms with Crippen molar-refractivity contribution in [3.63, 3.8) is 0 Å². The van der Waals surface area contributed by atoms with Gasteiger partial charge in [0.05, 0.1) is 22.5 Å². The van der Waals surface area contributed by atoms with Gasteiger partial charge in [0.25, 0.3) is 15.8 Å². The molecule has 0 radical (unpaired) electrons. The number of imidazole rings is 1. The van der Waals surface area contributed by atoms with Crippen molar-refractivity contribution in [2.75, 3.05) is 4.72 Å². The zero-order valence-electron chi connectivity index (χ0n) is 16.9. The lowest BCUT2D eigenvalue weighted by Gasteiger charge is -2.10. The molecule has 0 bridgehead atoms. The molecule has 0 atom stereocenters. The van der Waals surface area contributed by atoms with E-state index in [1.54, 1.807) is 34.9 Å². The van der Waals surface area contributed by atoms with Crippen LogP contribution in [0, 0.1) is 5.92 Å². The first kappa shape index (κ1) is 20.0. The Bertz CT molecular complexity index is 1270. The van der Waals surface area contributed by atoms with Crippen molar-refractivity contribution in [2.24, 2.45) is 5.92 Å². The van der Waals surface area contributed by atoms with E-state index >= 15 is 0 Å². The molecule has 4 aromatic rings. The Labute approximate surface area is 176 Å². The highest BCUT2D eigenvalue weighted by Gasteiger charge is 2.22. The van der Waals surface area contributed by atoms with Crippen molar-refractivity contribution in [1.29, 1.82) is 0 Å². The summed E-state index contributed by atoms with van der Waals surface area (Å²) in [6, 6.07) is 15.6. The molecule has 0 fully saturated rings. The van der Waals surface area contributed by atoms with Gasteiger partial charge in [0.1, 0.15) is 12.4 Å². The molecule has 7 nitrogen and oxygen atoms in total. The summed E-state index contributed by atoms with van der Waals surface area (Å²) in [7, 11) is -3.80. The lowest BCUT2D eigenvalue weighted by Crippen LogP contribution is -2.31. The number of aromatic nitrogens is 4. The van der Waals surface area contributed by atoms with Gasteiger partial charge >= 0.3 is 0 Å². The van der Waals surface area contributed by atoms with Crippen LogP contribution in [-0.4, -0.2) is 23.0 Å². The van der Waals surface area contributed by atoms with E-state index in [1.807, 2.05) is 43.0 Å². The third kappa shape index (κ3) is 4.33. The Morgan fingerprint density at radius 1 is 1.00 bits per heavy atom. The van der Waals surface area contributed by atoms with Crippen LogP contribution < -0.4 is 9.29 Å². The van der Waals surface area contributed by atoms with Gasteiger partial charge in [-0.15, -0.1) is 0 Å². The maximum absolute atomic E-state index is 12.9. The van der Waals surface area contributed by atoms with Crippen LogP contribution in [0.1, 0.15) is 20.3 Å². The van der Waals surface area contributed by atoms with Crippen LogP contribution in [0.15, 0.2) is 78.2 Å². The highest BCUT2D eigenvalue weighted by Crippen LogP contribution is 2.23. The van der Waals surface area contributed by atoms with Crippen molar-refractivity contribution in [1.82, 2.24) is 14.5 Å². The van der Waals surface area contributed by atoms with Gasteiger partial charge in [0.2, 0.25) is 12.1 Å². The summed E-state index contributed by atoms with van der Waals surface area (Å²) in [5, 5.41) is 0. The number of nitrogens with zero attached hydrogens (tertiary/aromatic N) is 4. The predicted molar refractivity (Wildman–Crippen MR) is 116 cm³/mol. The Morgan fingerprint density at radius 2 is 1.67 bits per heavy atom. The fourth-order valence-corrected chi connectivity index (χ4v) is 4.11. The molecule has 0 aliphatic heterocycles. The van der Waals surface area contributed by atoms with E-state index in [-0.39, 0.29) is 10.7 Å². The first-order valence-corrected chi connectivity index (χ1v) is 11.3. The Balaban J connectivity index is 1.77. The molecule has 4 rings (SSSR count). The maximum atomic E-state index is 12.9. The number of rotatable bonds is 7. The summed E-state index contributed by atoms with van der Waals surface area (Å²) >= 11 is 0. The van der Waals surface area contributed by atoms with Crippen LogP contribution in [0.2, 0.25) is 0 Å². The molecule has 0 unspecified atom stereocenters. The first-order valence-electron chi connectivity index (χ1n) is 9.84. The zero-order valence-corrected chi connectivity index (χ0v) is 17.7. The van der Waals surface area contributed by atoms with Gasteiger partial charge in [0, 0.05) is 0 Å². The molecule has 2 heterocycles. The number of para-hydroxylation sites is 2. The average molecular weight is 423 g/mol. The second kappa shape index (κ2) is 8.23. The number of hydrogen-bond acceptors (Lipinski definition) is 4. The minimum absolute atomic E-state index is 0.172. The van der Waals surface area contributed by atoms with E-state index in [9.17, 15) is 8.42 Å². The van der Waals surface area contributed by atoms with Crippen molar-refractivity contribution in [2.45, 2.75) is 31.7 Å². The lowest BCUT2D eigenvalue weighted by molar-refractivity contribution is -0.697. The number of aryl methyl sites for hydroxylation is 1. The molecule has 2 aromatic carbocycles. The number of benzene rings is 2. The van der Waals surface area contributed by atoms with Crippen LogP contribution in [0.25, 0.3) is 16.9 Å². The van der Waals surface area contributed by atoms with Crippen LogP contribution in [0.5, 0.6) is 0 Å². The van der Waals surface area contributed by atoms with E-state index in [0.29, 0.717) is 22.8 Å². The Hall–Kier alpha value is -3.26. The first-order chi connectivity index (χ1) is 14.4. The maximum Gasteiger partial charge on any atom is 0.270 e. The Morgan fingerprint density at radius 3 is 2.37 bits per heavy atom. The molecule has 0 amide bonds. The highest BCUT2D eigenvalue weighted by atomic mass is 32.2. The SMILES string of the molecule is CC(C)CC[n+]1ccn(-c2nc3ccccc3nc2NS(=O)(=O)c2ccccc2)c1. The molecule has 154 valence electrons. The minimum Gasteiger partial charge on any atom is -0.258 e. The van der Waals surface area contributed by atoms with Crippen LogP contribution >= 0.6 is 0 Å². The molecule has 0 saturated heterocycles. The summed E-state index contributed by atoms with van der Waals surface area (Å²) in [6.45, 7) is 5.24. The second-order valence-electron chi connectivity index (χ2n) is 7.54. The van der Waals surface area contributed by atoms with Crippen molar-refractivity contribution < 1.29 is 13.0 Å². The average Bonchev–Trinajstić information content (AvgIpc) is 3.21. The number of nitrogens with one attached hydrogen (secondary N) is 1. The summed E-state index contributed by atoms with van der Waals surface area (Å²) in [6.07, 6.45) is 6.77. The fourth-order valence-electron chi connectivity index (χ4n) is 3.08. The Kier molecular flexibility index (Phi) is 5.50. The largest absolute Gasteiger partial charge is 0.270 e. The van der Waals surface area contributed by atoms with E-state index in [4.69, 9.17) is 4.98 Å². The van der Waals surface area contributed by atoms with E-state index in [1.165, 1.54) is 0 Å². The van der Waals surface area contributed by atoms with E-state index in [0.717, 1.165) is 13.0 Å². The van der Waals surface area contributed by atoms with Crippen molar-refractivity contribution >= 4 is 26.9 Å². The highest BCUT2D eigenvalue weighted by molar-refractivity contribution is 7.92. The van der Waals surface area contributed by atoms with E-state index in [2.05, 4.69) is 28.1 Å². The predicted octanol–water partition coefficient (Wildman–Crippen LogP) is 3.55. The summed E-state index contributed by atoms with van der Waals surface area (Å²) in [5.41, 5.74) is 1.31. The lowest BCUT2D eigenvalue weighted by atomic mass is 10.1. The number of sulfonamides is 1. The second-order valence-corrected chi connectivity index (χ2v) is 9.23. The molecule has 0 saturated carbocycles. The molecule has 8 heteroatoms. The van der Waals surface area contributed by atoms with Gasteiger partial charge in [-0.2, -0.15) is 4.57 Å². The van der Waals surface area contributed by atoms with Gasteiger partial charge in [0.15, 0.2) is 0 Å². The summed E-state index contributed by atoms with van der Waals surface area (Å²) < 4.78 is 32.3. The van der Waals surface area contributed by atoms with Crippen molar-refractivity contribution in [3.05, 3.63) is 73.3 Å². The number of fused-ring (bicyclic) bond motifs is 1. The summed E-state index contributed by atoms with van der Waals surface area (Å²) in [4.78, 5) is 9.43. The molecule has 2 aromatic heterocycles. The fraction of sp³-hybridized carbons (Fsp3) is 0.227. The third-order valence-corrected chi connectivity index (χ3v) is 6.09. The van der Waals surface area contributed by atoms with Crippen LogP contribution in [-0.2, 0) is 16.6 Å². The number of hydrogen-bond donors (Lipinski definition) is 1. The van der Waals surface area contributed by atoms with Gasteiger partial charge in [-0.05, 0) is 36.6 Å². The van der Waals surface area contributed by atoms with E-state index < -0.39 is 10.0 Å². The molecular formula is C22H24N5O2S+. The molecule has 30 heavy (non-hydrogen) atoms. The topological polar surface area (TPSA) is 80.8 Å². The molecule has 0 aliphatic carbocycles. The van der Waals surface area contributed by atoms with Crippen LogP contribution in [0.4, 0.5) is 5.82 Å². The monoisotopic (exact) mass is 422 g/mol. The molecule has 0 aliphatic rings. The molecule has 1 N–H and O–H groups in total. The molecular weight excluding hydrogens is 398 g/mol. The summed E-state index contributed by atoms with van der Waals surface area (Å²) in [5.74, 6) is 1.20. The van der Waals surface area contributed by atoms with Crippen LogP contribution in [0.3, 0.4) is 0 Å². The minimum atomic E-state index is -3.80. The van der Waals surface area contributed by atoms with Gasteiger partial charge in [-0.3, -0.25) is 4.72 Å². The standard InChI is InChI=1S/C22H24N5O2S/c1-17(2)12-13-26-14-15-27(16-26)22-21(23-19-10-6-7-11-20(19)24-22)25-30(28,29)18-8-4-3-5-9-18/h3-11,14-17H,12-13H2,1-2H3,(H,23,25)/q+1. The van der Waals surface area contributed by atoms with Gasteiger partial charge in [-0.25, -0.2) is 23.0 Å². The molecule has 0 spiro atoms. The quantitative estimate of drug-likeness (QED) is 0.462. The third-order valence-electron chi connectivity index (χ3n) is 4.74. The van der Waals surface area contributed by atoms with Gasteiger partial charge < -0.3 is 0 Å². The van der Waals surface area contributed by atoms with Crippen molar-refractivity contribution in [3.8, 4) is 5.82 Å². The normalized spacial score (nSPS) is 11.8.